The molecular formula is C93H131ClI2KN15Na2O15S. The van der Waals surface area contributed by atoms with Gasteiger partial charge in [0.1, 0.15) is 0 Å². The van der Waals surface area contributed by atoms with Gasteiger partial charge in [-0.05, 0) is 177 Å². The quantitative estimate of drug-likeness (QED) is 0.0149. The van der Waals surface area contributed by atoms with Crippen molar-refractivity contribution in [2.75, 3.05) is 233 Å². The summed E-state index contributed by atoms with van der Waals surface area (Å²) in [5, 5.41) is 23.7. The van der Waals surface area contributed by atoms with Gasteiger partial charge in [-0.25, -0.2) is 0 Å². The molecule has 698 valence electrons. The molecule has 30 nitrogen and oxygen atoms in total. The molecule has 0 aliphatic carbocycles. The molecule has 11 aliphatic heterocycles. The molecular weight excluding hydrogens is 1970 g/mol. The average Bonchev–Trinajstić information content (AvgIpc) is 0.797. The van der Waals surface area contributed by atoms with Gasteiger partial charge in [-0.1, -0.05) is 111 Å². The number of hydrogen-bond acceptors (Lipinski definition) is 22. The van der Waals surface area contributed by atoms with Crippen molar-refractivity contribution in [1.29, 1.82) is 0 Å². The van der Waals surface area contributed by atoms with Crippen molar-refractivity contribution in [3.05, 3.63) is 190 Å². The van der Waals surface area contributed by atoms with Crippen LogP contribution < -0.4 is 103 Å². The fourth-order valence-electron chi connectivity index (χ4n) is 15.1. The predicted molar refractivity (Wildman–Crippen MR) is 539 cm³/mol. The van der Waals surface area contributed by atoms with Gasteiger partial charge in [0.05, 0.1) is 99.5 Å². The number of piperidine rings is 1. The van der Waals surface area contributed by atoms with E-state index >= 15 is 0 Å². The number of nitrogens with one attached hydrogen (secondary N) is 1. The first kappa shape index (κ1) is 117. The van der Waals surface area contributed by atoms with Crippen LogP contribution in [-0.4, -0.2) is 307 Å². The van der Waals surface area contributed by atoms with Crippen LogP contribution >= 0.6 is 70.3 Å². The zero-order valence-corrected chi connectivity index (χ0v) is 88.8. The summed E-state index contributed by atoms with van der Waals surface area (Å²) in [6.07, 6.45) is 19.1. The van der Waals surface area contributed by atoms with E-state index in [9.17, 15) is 48.8 Å². The molecule has 0 aromatic heterocycles. The van der Waals surface area contributed by atoms with E-state index in [2.05, 4.69) is 70.1 Å². The van der Waals surface area contributed by atoms with Crippen LogP contribution in [0, 0.1) is 10.1 Å². The van der Waals surface area contributed by atoms with Gasteiger partial charge in [-0.3, -0.25) is 43.7 Å². The van der Waals surface area contributed by atoms with Crippen LogP contribution in [-0.2, 0) is 57.2 Å². The molecule has 0 unspecified atom stereocenters. The molecule has 0 radical (unpaired) electrons. The number of benzene rings is 5. The second-order valence-electron chi connectivity index (χ2n) is 31.0. The zero-order chi connectivity index (χ0) is 90.9. The topological polar surface area (TPSA) is 332 Å². The van der Waals surface area contributed by atoms with Crippen molar-refractivity contribution in [3.63, 3.8) is 0 Å². The van der Waals surface area contributed by atoms with Crippen LogP contribution in [0.15, 0.2) is 180 Å². The van der Waals surface area contributed by atoms with Crippen LogP contribution in [0.2, 0.25) is 0 Å². The Kier molecular flexibility index (Phi) is 56.7. The molecule has 0 bridgehead atoms. The van der Waals surface area contributed by atoms with E-state index in [0.717, 1.165) is 187 Å². The third-order valence-electron chi connectivity index (χ3n) is 21.4. The number of carbonyl (C=O) groups excluding carboxylic acids is 7. The maximum absolute atomic E-state index is 13.0. The normalized spacial score (nSPS) is 18.0. The number of nitro benzene ring substituents is 1. The molecule has 6 saturated heterocycles. The fraction of sp³-hybridized carbons (Fsp3) is 0.495. The molecule has 0 atom stereocenters. The van der Waals surface area contributed by atoms with E-state index in [1.54, 1.807) is 42.7 Å². The van der Waals surface area contributed by atoms with Crippen molar-refractivity contribution in [2.24, 2.45) is 0 Å². The summed E-state index contributed by atoms with van der Waals surface area (Å²) in [5.41, 5.74) is 21.8. The summed E-state index contributed by atoms with van der Waals surface area (Å²) in [7, 11) is 0. The van der Waals surface area contributed by atoms with Gasteiger partial charge in [0, 0.05) is 187 Å². The predicted octanol–water partition coefficient (Wildman–Crippen LogP) is 9.01. The van der Waals surface area contributed by atoms with E-state index in [0.29, 0.717) is 140 Å². The van der Waals surface area contributed by atoms with Gasteiger partial charge in [-0.15, -0.1) is 17.2 Å². The first-order valence-corrected chi connectivity index (χ1v) is 56.5. The van der Waals surface area contributed by atoms with E-state index in [1.165, 1.54) is 55.8 Å². The van der Waals surface area contributed by atoms with Gasteiger partial charge in [0.25, 0.3) is 35.2 Å². The number of nitrogens with zero attached hydrogens (tertiary/aromatic N) is 12. The Labute approximate surface area is 879 Å². The number of ether oxygens (including phenoxy) is 5. The number of halogens is 3. The van der Waals surface area contributed by atoms with Gasteiger partial charge >= 0.3 is 95.0 Å². The molecule has 7 amide bonds. The van der Waals surface area contributed by atoms with Crippen molar-refractivity contribution in [3.8, 4) is 0 Å². The number of nitro groups is 1. The summed E-state index contributed by atoms with van der Waals surface area (Å²) in [5.74, 6) is 0.927. The molecule has 11 aliphatic rings. The number of amides is 7. The van der Waals surface area contributed by atoms with Crippen LogP contribution in [0.3, 0.4) is 0 Å². The van der Waals surface area contributed by atoms with Gasteiger partial charge < -0.3 is 99.5 Å². The standard InChI is InChI=1S/C20H26ClN3O3.C20H25N3O3.C15H17N3O4.2C15H19N3O2.C4H9O.2CH3I.2CH4.K.2Na.H2S/c21-10-2-1-5-19(25)22-16-6-8-17(9-7-16)24-11-3-4-18(20(24)26)23-12-14-27-15-13-23;24-19-5-1-2-10-22(19)16-6-8-17(9-7-16)23-11-3-4-18(20(23)25)21-12-14-26-15-13-21;19-15-14(16-8-10-22-11-9-16)2-1-7-17(15)12-3-5-13(6-4-12)18(20)21;2*16-12-3-5-13(6-4-12)18-7-1-2-14(15(18)19)17-8-10-20-11-9-17;1-4(2,3)5;2*1-2;;;;;;/h4,6-9H,1-3,5,10-15H2,(H,22,25);4,6-9H,1-3,5,10-15H2;2-6H,1,7-11H2;2*2-6H,1,7-11,16H2;1-3H3;2*1H3;2*1H4;;;;1H2/q;;;;;-1;;;;;+1;;;. The molecule has 16 rings (SSSR count). The molecule has 6 fully saturated rings. The number of carbonyl (C=O) groups is 7. The fourth-order valence-corrected chi connectivity index (χ4v) is 15.3. The van der Waals surface area contributed by atoms with E-state index < -0.39 is 10.5 Å². The number of anilines is 9. The average molecular weight is 2110 g/mol. The van der Waals surface area contributed by atoms with Gasteiger partial charge in [-0.2, -0.15) is 13.5 Å². The van der Waals surface area contributed by atoms with E-state index in [-0.39, 0.29) is 127 Å². The Morgan fingerprint density at radius 2 is 0.654 bits per heavy atom. The van der Waals surface area contributed by atoms with Crippen molar-refractivity contribution >= 4 is 212 Å². The summed E-state index contributed by atoms with van der Waals surface area (Å²) in [6.45, 7) is 23.3. The SMILES string of the molecule is C.C.CC(C)(C)[O-].CI.CI.Nc1ccc(N2CCC=C(N3CCOCC3)C2=O)cc1.Nc1ccc(N2CCC=C(N3CCOCC3)C2=O)cc1.O=C(CCCCCl)Nc1ccc(N2CCC=C(N3CCOCC3)C2=O)cc1.O=C1C(N2CCOCC2)=CCCN1c1ccc([N+](=O)[O-])cc1.O=C1CCCCN1c1ccc(N2CCC=C(N3CCOCC3)C2=O)cc1.S.[K+].[Na][Na]. The summed E-state index contributed by atoms with van der Waals surface area (Å²) in [6, 6.07) is 36.3. The number of non-ortho nitro benzene ring substituents is 1. The Bertz CT molecular complexity index is 4360. The molecule has 0 saturated carbocycles. The van der Waals surface area contributed by atoms with Crippen molar-refractivity contribution < 1.29 is 119 Å². The van der Waals surface area contributed by atoms with Gasteiger partial charge in [0.2, 0.25) is 11.8 Å². The third kappa shape index (κ3) is 36.6. The Hall–Kier alpha value is -5.41. The summed E-state index contributed by atoms with van der Waals surface area (Å²) >= 11 is 12.8. The van der Waals surface area contributed by atoms with Crippen LogP contribution in [0.25, 0.3) is 0 Å². The molecule has 0 spiro atoms. The second kappa shape index (κ2) is 63.1. The Balaban J connectivity index is 0.000000329. The number of unbranched alkanes of at least 4 members (excludes halogenated alkanes) is 1. The summed E-state index contributed by atoms with van der Waals surface area (Å²) < 4.78 is 26.8. The van der Waals surface area contributed by atoms with Crippen LogP contribution in [0.1, 0.15) is 106 Å². The van der Waals surface area contributed by atoms with Crippen LogP contribution in [0.5, 0.6) is 0 Å². The number of rotatable bonds is 17. The number of nitrogen functional groups attached to an aromatic ring is 2. The molecule has 37 heteroatoms. The van der Waals surface area contributed by atoms with E-state index in [4.69, 9.17) is 46.8 Å². The minimum absolute atomic E-state index is 0. The van der Waals surface area contributed by atoms with Crippen molar-refractivity contribution in [2.45, 2.75) is 112 Å². The molecule has 5 N–H and O–H groups in total. The maximum atomic E-state index is 13.0. The third-order valence-corrected chi connectivity index (χ3v) is 21.6. The monoisotopic (exact) mass is 2100 g/mol. The van der Waals surface area contributed by atoms with E-state index in [1.807, 2.05) is 162 Å². The Morgan fingerprint density at radius 3 is 0.900 bits per heavy atom. The van der Waals surface area contributed by atoms with Crippen molar-refractivity contribution in [1.82, 2.24) is 24.5 Å². The van der Waals surface area contributed by atoms with Gasteiger partial charge in [0.15, 0.2) is 0 Å². The first-order valence-electron chi connectivity index (χ1n) is 43.6. The molecule has 5 aromatic carbocycles. The molecule has 130 heavy (non-hydrogen) atoms. The zero-order valence-electron chi connectivity index (χ0n) is 75.6. The minimum atomic E-state index is -0.750. The number of morpholine rings is 5. The first-order chi connectivity index (χ1) is 61.1. The Morgan fingerprint density at radius 1 is 0.415 bits per heavy atom. The molecule has 5 aromatic rings. The molecule has 11 heterocycles. The van der Waals surface area contributed by atoms with Crippen LogP contribution in [0.4, 0.5) is 56.9 Å². The number of nitrogens with two attached hydrogens (primary N) is 2. The second-order valence-corrected chi connectivity index (χ2v) is 31.4. The number of hydrogen-bond donors (Lipinski definition) is 3. The summed E-state index contributed by atoms with van der Waals surface area (Å²) in [4.78, 5) is 123. The number of alkyl halides is 3.